The predicted molar refractivity (Wildman–Crippen MR) is 137 cm³/mol. The number of carboxylic acids is 1. The van der Waals surface area contributed by atoms with Gasteiger partial charge < -0.3 is 15.5 Å². The molecule has 3 N–H and O–H groups in total. The number of benzene rings is 1. The molecule has 190 valence electrons. The zero-order chi connectivity index (χ0) is 25.4. The summed E-state index contributed by atoms with van der Waals surface area (Å²) in [6.45, 7) is 4.35. The lowest BCUT2D eigenvalue weighted by Crippen LogP contribution is -2.46. The van der Waals surface area contributed by atoms with Gasteiger partial charge in [0.1, 0.15) is 0 Å². The first-order valence-electron chi connectivity index (χ1n) is 11.3. The van der Waals surface area contributed by atoms with E-state index >= 15 is 0 Å². The minimum Gasteiger partial charge on any atom is -0.481 e. The number of carbonyl (C=O) groups is 1. The summed E-state index contributed by atoms with van der Waals surface area (Å²) in [4.78, 5) is 12.1. The summed E-state index contributed by atoms with van der Waals surface area (Å²) in [5, 5.41) is 25.0. The molecule has 0 saturated carbocycles. The van der Waals surface area contributed by atoms with E-state index in [1.807, 2.05) is 6.07 Å². The minimum absolute atomic E-state index is 0.00191. The molecule has 1 aromatic carbocycles. The van der Waals surface area contributed by atoms with E-state index in [0.29, 0.717) is 18.4 Å². The average molecular weight is 531 g/mol. The summed E-state index contributed by atoms with van der Waals surface area (Å²) in [7, 11) is -2.44. The van der Waals surface area contributed by atoms with Gasteiger partial charge in [-0.15, -0.1) is 11.3 Å². The molecule has 0 spiro atoms. The van der Waals surface area contributed by atoms with Crippen LogP contribution in [-0.2, 0) is 27.7 Å². The Morgan fingerprint density at radius 1 is 1.24 bits per heavy atom. The molecule has 7 nitrogen and oxygen atoms in total. The number of nitrogens with zero attached hydrogens (tertiary/aromatic N) is 1. The van der Waals surface area contributed by atoms with E-state index < -0.39 is 22.1 Å². The van der Waals surface area contributed by atoms with Crippen LogP contribution in [0.3, 0.4) is 0 Å². The zero-order valence-corrected chi connectivity index (χ0v) is 22.3. The Bertz CT molecular complexity index is 1030. The maximum atomic E-state index is 13.1. The second-order valence-corrected chi connectivity index (χ2v) is 12.7. The van der Waals surface area contributed by atoms with Crippen molar-refractivity contribution >= 4 is 38.9 Å². The summed E-state index contributed by atoms with van der Waals surface area (Å²) in [6.07, 6.45) is 2.88. The molecule has 1 aromatic heterocycles. The van der Waals surface area contributed by atoms with Gasteiger partial charge in [-0.05, 0) is 81.2 Å². The number of aliphatic hydroxyl groups excluding tert-OH is 1. The van der Waals surface area contributed by atoms with Gasteiger partial charge in [0.2, 0.25) is 10.0 Å². The molecule has 0 aliphatic heterocycles. The molecule has 0 aliphatic rings. The summed E-state index contributed by atoms with van der Waals surface area (Å²) in [5.41, 5.74) is 0.472. The Morgan fingerprint density at radius 2 is 1.97 bits per heavy atom. The number of rotatable bonds is 15. The van der Waals surface area contributed by atoms with Crippen LogP contribution in [0.15, 0.2) is 40.6 Å². The van der Waals surface area contributed by atoms with E-state index in [1.54, 1.807) is 17.4 Å². The lowest BCUT2D eigenvalue weighted by Gasteiger charge is -2.29. The van der Waals surface area contributed by atoms with Gasteiger partial charge >= 0.3 is 5.97 Å². The number of aliphatic carboxylic acids is 1. The highest BCUT2D eigenvalue weighted by Crippen LogP contribution is 2.23. The molecule has 0 amide bonds. The lowest BCUT2D eigenvalue weighted by atomic mass is 9.96. The number of aliphatic hydroxyl groups is 1. The van der Waals surface area contributed by atoms with E-state index in [2.05, 4.69) is 30.6 Å². The second-order valence-electron chi connectivity index (χ2n) is 9.18. The molecule has 0 aliphatic carbocycles. The molecule has 10 heteroatoms. The minimum atomic E-state index is -3.87. The number of aryl methyl sites for hydroxylation is 2. The van der Waals surface area contributed by atoms with Crippen LogP contribution in [-0.4, -0.2) is 60.7 Å². The fourth-order valence-electron chi connectivity index (χ4n) is 3.64. The zero-order valence-electron chi connectivity index (χ0n) is 20.0. The molecule has 0 bridgehead atoms. The Hall–Kier alpha value is -1.49. The molecule has 0 radical (unpaired) electrons. The normalized spacial score (nSPS) is 13.4. The highest BCUT2D eigenvalue weighted by Gasteiger charge is 2.25. The smallest absolute Gasteiger partial charge is 0.303 e. The molecule has 1 heterocycles. The molecule has 2 aromatic rings. The van der Waals surface area contributed by atoms with E-state index in [9.17, 15) is 18.3 Å². The quantitative estimate of drug-likeness (QED) is 0.319. The van der Waals surface area contributed by atoms with Crippen LogP contribution in [0.5, 0.6) is 0 Å². The first-order valence-corrected chi connectivity index (χ1v) is 14.0. The Kier molecular flexibility index (Phi) is 11.0. The fourth-order valence-corrected chi connectivity index (χ4v) is 6.02. The summed E-state index contributed by atoms with van der Waals surface area (Å²) in [6, 6.07) is 8.70. The van der Waals surface area contributed by atoms with E-state index in [1.165, 1.54) is 24.1 Å². The molecular formula is C24H35ClN2O5S2. The Morgan fingerprint density at radius 3 is 2.62 bits per heavy atom. The van der Waals surface area contributed by atoms with Crippen LogP contribution in [0, 0.1) is 0 Å². The van der Waals surface area contributed by atoms with Crippen molar-refractivity contribution in [2.24, 2.45) is 0 Å². The third kappa shape index (κ3) is 9.64. The van der Waals surface area contributed by atoms with Crippen LogP contribution in [0.4, 0.5) is 0 Å². The Labute approximate surface area is 211 Å². The van der Waals surface area contributed by atoms with Gasteiger partial charge in [0.05, 0.1) is 11.0 Å². The number of nitrogens with one attached hydrogen (secondary N) is 1. The van der Waals surface area contributed by atoms with Crippen molar-refractivity contribution in [3.63, 3.8) is 0 Å². The second kappa shape index (κ2) is 13.0. The highest BCUT2D eigenvalue weighted by molar-refractivity contribution is 7.89. The van der Waals surface area contributed by atoms with Crippen molar-refractivity contribution in [3.8, 4) is 0 Å². The van der Waals surface area contributed by atoms with Gasteiger partial charge in [-0.1, -0.05) is 17.7 Å². The maximum absolute atomic E-state index is 13.1. The number of hydrogen-bond donors (Lipinski definition) is 3. The molecule has 0 unspecified atom stereocenters. The molecule has 2 rings (SSSR count). The number of halogens is 1. The van der Waals surface area contributed by atoms with Crippen LogP contribution in [0.25, 0.3) is 0 Å². The predicted octanol–water partition coefficient (Wildman–Crippen LogP) is 4.18. The third-order valence-corrected chi connectivity index (χ3v) is 8.54. The number of carboxylic acid groups (broad SMARTS) is 1. The first kappa shape index (κ1) is 28.7. The van der Waals surface area contributed by atoms with Gasteiger partial charge in [-0.25, -0.2) is 8.42 Å². The van der Waals surface area contributed by atoms with Crippen molar-refractivity contribution in [2.45, 2.75) is 68.9 Å². The SMILES string of the molecule is CN(C[C@H](O)CNC(C)(C)CCCc1cccs1)S(=O)(=O)c1cc(Cl)cc(CCCC(=O)O)c1. The molecule has 34 heavy (non-hydrogen) atoms. The van der Waals surface area contributed by atoms with Crippen LogP contribution in [0.1, 0.15) is 50.0 Å². The number of likely N-dealkylation sites (N-methyl/N-ethyl adjacent to an activating group) is 1. The number of β-amino-alcohol motifs (C(OH)–C–C–N with tert-alkyl or cyclic N) is 1. The van der Waals surface area contributed by atoms with E-state index in [0.717, 1.165) is 23.6 Å². The summed E-state index contributed by atoms with van der Waals surface area (Å²) < 4.78 is 27.2. The monoisotopic (exact) mass is 530 g/mol. The van der Waals surface area contributed by atoms with Crippen molar-refractivity contribution in [1.82, 2.24) is 9.62 Å². The standard InChI is InChI=1S/C24H35ClN2O5S2/c1-24(2,11-5-8-21-9-6-12-33-21)26-16-20(28)17-27(3)34(31,32)22-14-18(13-19(25)15-22)7-4-10-23(29)30/h6,9,12-15,20,26,28H,4-5,7-8,10-11,16-17H2,1-3H3,(H,29,30)/t20-/m1/s1. The number of hydrogen-bond acceptors (Lipinski definition) is 6. The van der Waals surface area contributed by atoms with Crippen LogP contribution in [0.2, 0.25) is 5.02 Å². The first-order chi connectivity index (χ1) is 15.9. The van der Waals surface area contributed by atoms with Gasteiger partial charge in [0.25, 0.3) is 0 Å². The van der Waals surface area contributed by atoms with E-state index in [-0.39, 0.29) is 35.0 Å². The van der Waals surface area contributed by atoms with Gasteiger partial charge in [0.15, 0.2) is 0 Å². The molecule has 0 fully saturated rings. The van der Waals surface area contributed by atoms with Crippen molar-refractivity contribution in [1.29, 1.82) is 0 Å². The topological polar surface area (TPSA) is 107 Å². The molecule has 0 saturated heterocycles. The largest absolute Gasteiger partial charge is 0.481 e. The van der Waals surface area contributed by atoms with Crippen molar-refractivity contribution < 1.29 is 23.4 Å². The third-order valence-electron chi connectivity index (χ3n) is 5.58. The summed E-state index contributed by atoms with van der Waals surface area (Å²) in [5.74, 6) is -0.900. The fraction of sp³-hybridized carbons (Fsp3) is 0.542. The van der Waals surface area contributed by atoms with Crippen molar-refractivity contribution in [2.75, 3.05) is 20.1 Å². The molecule has 1 atom stereocenters. The lowest BCUT2D eigenvalue weighted by molar-refractivity contribution is -0.137. The maximum Gasteiger partial charge on any atom is 0.303 e. The number of thiophene rings is 1. The van der Waals surface area contributed by atoms with Gasteiger partial charge in [-0.2, -0.15) is 4.31 Å². The van der Waals surface area contributed by atoms with Gasteiger partial charge in [-0.3, -0.25) is 4.79 Å². The van der Waals surface area contributed by atoms with Crippen LogP contribution >= 0.6 is 22.9 Å². The van der Waals surface area contributed by atoms with Crippen molar-refractivity contribution in [3.05, 3.63) is 51.2 Å². The van der Waals surface area contributed by atoms with Gasteiger partial charge in [0, 0.05) is 42.0 Å². The Balaban J connectivity index is 1.89. The van der Waals surface area contributed by atoms with Crippen LogP contribution < -0.4 is 5.32 Å². The number of sulfonamides is 1. The highest BCUT2D eigenvalue weighted by atomic mass is 35.5. The molecular weight excluding hydrogens is 496 g/mol. The summed E-state index contributed by atoms with van der Waals surface area (Å²) >= 11 is 7.87. The van der Waals surface area contributed by atoms with E-state index in [4.69, 9.17) is 16.7 Å². The average Bonchev–Trinajstić information content (AvgIpc) is 3.25.